The summed E-state index contributed by atoms with van der Waals surface area (Å²) < 4.78 is 5.97. The summed E-state index contributed by atoms with van der Waals surface area (Å²) in [6, 6.07) is 19.2. The van der Waals surface area contributed by atoms with Crippen molar-refractivity contribution in [2.24, 2.45) is 10.9 Å². The van der Waals surface area contributed by atoms with Gasteiger partial charge in [0.1, 0.15) is 0 Å². The first-order valence-corrected chi connectivity index (χ1v) is 10.6. The van der Waals surface area contributed by atoms with Crippen LogP contribution in [0.3, 0.4) is 0 Å². The molecule has 1 fully saturated rings. The number of nitrogens with one attached hydrogen (secondary N) is 1. The molecule has 0 spiro atoms. The minimum absolute atomic E-state index is 0.581. The molecule has 28 heavy (non-hydrogen) atoms. The number of guanidine groups is 1. The van der Waals surface area contributed by atoms with Crippen LogP contribution in [0.15, 0.2) is 59.6 Å². The maximum absolute atomic E-state index is 5.97. The van der Waals surface area contributed by atoms with E-state index in [1.165, 1.54) is 23.1 Å². The second-order valence-electron chi connectivity index (χ2n) is 7.90. The maximum Gasteiger partial charge on any atom is 0.193 e. The van der Waals surface area contributed by atoms with Crippen LogP contribution in [0.4, 0.5) is 0 Å². The molecule has 2 unspecified atom stereocenters. The van der Waals surface area contributed by atoms with Crippen LogP contribution < -0.4 is 5.32 Å². The van der Waals surface area contributed by atoms with E-state index in [-0.39, 0.29) is 0 Å². The van der Waals surface area contributed by atoms with E-state index in [2.05, 4.69) is 65.7 Å². The molecule has 2 aromatic rings. The van der Waals surface area contributed by atoms with Crippen LogP contribution in [0.2, 0.25) is 0 Å². The molecule has 1 saturated heterocycles. The summed E-state index contributed by atoms with van der Waals surface area (Å²) in [7, 11) is 0. The summed E-state index contributed by atoms with van der Waals surface area (Å²) in [6.07, 6.45) is 2.33. The number of ether oxygens (including phenoxy) is 1. The van der Waals surface area contributed by atoms with Gasteiger partial charge in [-0.3, -0.25) is 4.99 Å². The fraction of sp³-hybridized carbons (Fsp3) is 0.458. The summed E-state index contributed by atoms with van der Waals surface area (Å²) in [4.78, 5) is 7.38. The Kier molecular flexibility index (Phi) is 6.27. The second-order valence-corrected chi connectivity index (χ2v) is 7.90. The molecule has 1 aliphatic carbocycles. The lowest BCUT2D eigenvalue weighted by molar-refractivity contribution is 0.0906. The minimum atomic E-state index is 0.581. The van der Waals surface area contributed by atoms with Crippen molar-refractivity contribution >= 4 is 5.96 Å². The summed E-state index contributed by atoms with van der Waals surface area (Å²) >= 11 is 0. The Bertz CT molecular complexity index is 789. The van der Waals surface area contributed by atoms with E-state index in [1.807, 2.05) is 6.07 Å². The summed E-state index contributed by atoms with van der Waals surface area (Å²) in [6.45, 7) is 7.54. The lowest BCUT2D eigenvalue weighted by atomic mass is 9.78. The summed E-state index contributed by atoms with van der Waals surface area (Å²) in [5.41, 5.74) is 4.22. The Labute approximate surface area is 168 Å². The number of hydrogen-bond donors (Lipinski definition) is 1. The van der Waals surface area contributed by atoms with Crippen LogP contribution in [-0.4, -0.2) is 43.6 Å². The molecule has 0 aromatic heterocycles. The van der Waals surface area contributed by atoms with Crippen molar-refractivity contribution in [3.63, 3.8) is 0 Å². The standard InChI is InChI=1S/C24H31N3O/c1-2-25-24(26-15-22-14-21-10-6-7-11-23(21)22)27-13-12-20(16-27)18-28-17-19-8-4-3-5-9-19/h3-11,20,22H,2,12-18H2,1H3,(H,25,26). The largest absolute Gasteiger partial charge is 0.376 e. The highest BCUT2D eigenvalue weighted by Gasteiger charge is 2.27. The van der Waals surface area contributed by atoms with Crippen LogP contribution in [0.25, 0.3) is 0 Å². The molecule has 1 N–H and O–H groups in total. The van der Waals surface area contributed by atoms with E-state index in [4.69, 9.17) is 9.73 Å². The van der Waals surface area contributed by atoms with Gasteiger partial charge in [0.2, 0.25) is 0 Å². The van der Waals surface area contributed by atoms with E-state index in [9.17, 15) is 0 Å². The topological polar surface area (TPSA) is 36.9 Å². The van der Waals surface area contributed by atoms with Crippen LogP contribution in [-0.2, 0) is 17.8 Å². The molecule has 2 atom stereocenters. The summed E-state index contributed by atoms with van der Waals surface area (Å²) in [5, 5.41) is 3.49. The Balaban J connectivity index is 1.27. The van der Waals surface area contributed by atoms with Crippen LogP contribution in [0.1, 0.15) is 36.0 Å². The highest BCUT2D eigenvalue weighted by molar-refractivity contribution is 5.80. The molecule has 2 aliphatic rings. The Morgan fingerprint density at radius 2 is 1.96 bits per heavy atom. The van der Waals surface area contributed by atoms with Crippen molar-refractivity contribution in [2.45, 2.75) is 32.3 Å². The van der Waals surface area contributed by atoms with E-state index >= 15 is 0 Å². The van der Waals surface area contributed by atoms with Crippen molar-refractivity contribution in [2.75, 3.05) is 32.8 Å². The smallest absolute Gasteiger partial charge is 0.193 e. The number of hydrogen-bond acceptors (Lipinski definition) is 2. The van der Waals surface area contributed by atoms with Gasteiger partial charge in [0.25, 0.3) is 0 Å². The van der Waals surface area contributed by atoms with Gasteiger partial charge in [-0.15, -0.1) is 0 Å². The number of nitrogens with zero attached hydrogens (tertiary/aromatic N) is 2. The normalized spacial score (nSPS) is 21.3. The summed E-state index contributed by atoms with van der Waals surface area (Å²) in [5.74, 6) is 2.23. The minimum Gasteiger partial charge on any atom is -0.376 e. The van der Waals surface area contributed by atoms with Gasteiger partial charge >= 0.3 is 0 Å². The molecule has 0 bridgehead atoms. The van der Waals surface area contributed by atoms with Gasteiger partial charge in [-0.05, 0) is 36.5 Å². The van der Waals surface area contributed by atoms with Gasteiger partial charge < -0.3 is 15.0 Å². The number of benzene rings is 2. The third-order valence-electron chi connectivity index (χ3n) is 5.81. The fourth-order valence-corrected chi connectivity index (χ4v) is 4.23. The molecular weight excluding hydrogens is 346 g/mol. The van der Waals surface area contributed by atoms with Gasteiger partial charge in [0.15, 0.2) is 5.96 Å². The van der Waals surface area contributed by atoms with Crippen molar-refractivity contribution in [1.82, 2.24) is 10.2 Å². The number of aliphatic imine (C=N–C) groups is 1. The average Bonchev–Trinajstić information content (AvgIpc) is 3.17. The highest BCUT2D eigenvalue weighted by atomic mass is 16.5. The quantitative estimate of drug-likeness (QED) is 0.589. The van der Waals surface area contributed by atoms with Gasteiger partial charge in [-0.2, -0.15) is 0 Å². The van der Waals surface area contributed by atoms with Gasteiger partial charge in [0.05, 0.1) is 13.2 Å². The zero-order chi connectivity index (χ0) is 19.2. The van der Waals surface area contributed by atoms with Gasteiger partial charge in [-0.25, -0.2) is 0 Å². The molecule has 148 valence electrons. The lowest BCUT2D eigenvalue weighted by Gasteiger charge is -2.29. The third kappa shape index (κ3) is 4.56. The first-order valence-electron chi connectivity index (χ1n) is 10.6. The van der Waals surface area contributed by atoms with E-state index in [0.29, 0.717) is 18.4 Å². The van der Waals surface area contributed by atoms with Crippen LogP contribution in [0.5, 0.6) is 0 Å². The Morgan fingerprint density at radius 1 is 1.14 bits per heavy atom. The zero-order valence-corrected chi connectivity index (χ0v) is 16.8. The molecule has 1 heterocycles. The monoisotopic (exact) mass is 377 g/mol. The molecule has 0 radical (unpaired) electrons. The number of likely N-dealkylation sites (tertiary alicyclic amines) is 1. The van der Waals surface area contributed by atoms with E-state index < -0.39 is 0 Å². The van der Waals surface area contributed by atoms with Gasteiger partial charge in [0, 0.05) is 38.0 Å². The van der Waals surface area contributed by atoms with Crippen molar-refractivity contribution in [3.05, 3.63) is 71.3 Å². The second kappa shape index (κ2) is 9.24. The Hall–Kier alpha value is -2.33. The first-order chi connectivity index (χ1) is 13.8. The molecular formula is C24H31N3O. The van der Waals surface area contributed by atoms with Crippen LogP contribution in [0, 0.1) is 5.92 Å². The molecule has 1 aliphatic heterocycles. The van der Waals surface area contributed by atoms with Crippen molar-refractivity contribution in [3.8, 4) is 0 Å². The molecule has 4 rings (SSSR count). The molecule has 2 aromatic carbocycles. The van der Waals surface area contributed by atoms with E-state index in [1.54, 1.807) is 0 Å². The Morgan fingerprint density at radius 3 is 2.79 bits per heavy atom. The number of rotatable bonds is 7. The lowest BCUT2D eigenvalue weighted by Crippen LogP contribution is -2.40. The highest BCUT2D eigenvalue weighted by Crippen LogP contribution is 2.34. The molecule has 0 amide bonds. The van der Waals surface area contributed by atoms with E-state index in [0.717, 1.165) is 45.2 Å². The van der Waals surface area contributed by atoms with Gasteiger partial charge in [-0.1, -0.05) is 54.6 Å². The first kappa shape index (κ1) is 19.0. The number of fused-ring (bicyclic) bond motifs is 1. The predicted molar refractivity (Wildman–Crippen MR) is 115 cm³/mol. The zero-order valence-electron chi connectivity index (χ0n) is 16.8. The SMILES string of the molecule is CCNC(=NCC1Cc2ccccc21)N1CCC(COCc2ccccc2)C1. The van der Waals surface area contributed by atoms with Crippen molar-refractivity contribution in [1.29, 1.82) is 0 Å². The third-order valence-corrected chi connectivity index (χ3v) is 5.81. The van der Waals surface area contributed by atoms with Crippen LogP contribution >= 0.6 is 0 Å². The molecule has 4 nitrogen and oxygen atoms in total. The molecule has 0 saturated carbocycles. The molecule has 4 heteroatoms. The van der Waals surface area contributed by atoms with Crippen molar-refractivity contribution < 1.29 is 4.74 Å². The predicted octanol–water partition coefficient (Wildman–Crippen LogP) is 3.83. The average molecular weight is 378 g/mol. The maximum atomic E-state index is 5.97. The fourth-order valence-electron chi connectivity index (χ4n) is 4.23.